The molecule has 96 valence electrons. The van der Waals surface area contributed by atoms with E-state index in [4.69, 9.17) is 9.47 Å². The molecule has 0 heterocycles. The van der Waals surface area contributed by atoms with Crippen molar-refractivity contribution in [1.29, 1.82) is 0 Å². The average Bonchev–Trinajstić information content (AvgIpc) is 2.38. The van der Waals surface area contributed by atoms with E-state index in [2.05, 4.69) is 6.92 Å². The predicted octanol–water partition coefficient (Wildman–Crippen LogP) is 3.32. The number of hydrogen-bond donors (Lipinski definition) is 1. The van der Waals surface area contributed by atoms with Crippen LogP contribution in [0.2, 0.25) is 0 Å². The molecular formula is C14H22O3. The summed E-state index contributed by atoms with van der Waals surface area (Å²) in [5.74, 6) is 1.43. The van der Waals surface area contributed by atoms with E-state index < -0.39 is 6.10 Å². The molecule has 1 rings (SSSR count). The largest absolute Gasteiger partial charge is 0.497 e. The smallest absolute Gasteiger partial charge is 0.128 e. The molecule has 0 aliphatic heterocycles. The highest BCUT2D eigenvalue weighted by Crippen LogP contribution is 2.31. The van der Waals surface area contributed by atoms with E-state index >= 15 is 0 Å². The van der Waals surface area contributed by atoms with Crippen LogP contribution in [0.4, 0.5) is 0 Å². The third-order valence-corrected chi connectivity index (χ3v) is 2.88. The van der Waals surface area contributed by atoms with Gasteiger partial charge >= 0.3 is 0 Å². The minimum Gasteiger partial charge on any atom is -0.497 e. The van der Waals surface area contributed by atoms with Crippen molar-refractivity contribution >= 4 is 0 Å². The van der Waals surface area contributed by atoms with E-state index in [0.29, 0.717) is 5.75 Å². The number of aliphatic hydroxyl groups is 1. The van der Waals surface area contributed by atoms with Crippen molar-refractivity contribution in [1.82, 2.24) is 0 Å². The molecule has 3 nitrogen and oxygen atoms in total. The number of rotatable bonds is 7. The highest BCUT2D eigenvalue weighted by molar-refractivity contribution is 5.41. The molecule has 0 aliphatic carbocycles. The molecule has 0 amide bonds. The Kier molecular flexibility index (Phi) is 5.84. The predicted molar refractivity (Wildman–Crippen MR) is 68.6 cm³/mol. The van der Waals surface area contributed by atoms with Gasteiger partial charge in [-0.1, -0.05) is 26.2 Å². The molecule has 0 aromatic heterocycles. The number of aliphatic hydroxyl groups excluding tert-OH is 1. The fourth-order valence-corrected chi connectivity index (χ4v) is 1.84. The van der Waals surface area contributed by atoms with E-state index in [-0.39, 0.29) is 0 Å². The Hall–Kier alpha value is -1.22. The van der Waals surface area contributed by atoms with Crippen LogP contribution in [0.5, 0.6) is 11.5 Å². The van der Waals surface area contributed by atoms with E-state index in [9.17, 15) is 5.11 Å². The first-order valence-electron chi connectivity index (χ1n) is 6.13. The van der Waals surface area contributed by atoms with Gasteiger partial charge in [0.25, 0.3) is 0 Å². The van der Waals surface area contributed by atoms with Crippen LogP contribution in [-0.4, -0.2) is 19.3 Å². The standard InChI is InChI=1S/C14H22O3/c1-4-5-6-7-13(15)12-9-8-11(16-2)10-14(12)17-3/h8-10,13,15H,4-7H2,1-3H3. The number of hydrogen-bond acceptors (Lipinski definition) is 3. The second kappa shape index (κ2) is 7.17. The van der Waals surface area contributed by atoms with Gasteiger partial charge in [-0.15, -0.1) is 0 Å². The first-order valence-corrected chi connectivity index (χ1v) is 6.13. The van der Waals surface area contributed by atoms with Crippen LogP contribution in [-0.2, 0) is 0 Å². The molecule has 0 bridgehead atoms. The van der Waals surface area contributed by atoms with Gasteiger partial charge in [-0.25, -0.2) is 0 Å². The molecule has 17 heavy (non-hydrogen) atoms. The monoisotopic (exact) mass is 238 g/mol. The van der Waals surface area contributed by atoms with Crippen molar-refractivity contribution in [2.24, 2.45) is 0 Å². The molecule has 0 aliphatic rings. The quantitative estimate of drug-likeness (QED) is 0.741. The van der Waals surface area contributed by atoms with E-state index in [1.54, 1.807) is 20.3 Å². The lowest BCUT2D eigenvalue weighted by Crippen LogP contribution is -2.01. The molecule has 0 radical (unpaired) electrons. The summed E-state index contributed by atoms with van der Waals surface area (Å²) in [5.41, 5.74) is 0.837. The second-order valence-corrected chi connectivity index (χ2v) is 4.12. The molecule has 0 saturated carbocycles. The molecule has 1 atom stereocenters. The zero-order valence-corrected chi connectivity index (χ0v) is 10.9. The molecule has 1 aromatic rings. The molecule has 1 unspecified atom stereocenters. The Bertz CT molecular complexity index is 336. The van der Waals surface area contributed by atoms with Gasteiger partial charge in [0.05, 0.1) is 20.3 Å². The Morgan fingerprint density at radius 3 is 2.53 bits per heavy atom. The number of ether oxygens (including phenoxy) is 2. The van der Waals surface area contributed by atoms with E-state index in [1.807, 2.05) is 12.1 Å². The second-order valence-electron chi connectivity index (χ2n) is 4.12. The van der Waals surface area contributed by atoms with Gasteiger partial charge in [0, 0.05) is 11.6 Å². The molecule has 3 heteroatoms. The molecule has 0 saturated heterocycles. The van der Waals surface area contributed by atoms with Crippen molar-refractivity contribution in [3.05, 3.63) is 23.8 Å². The minimum atomic E-state index is -0.456. The lowest BCUT2D eigenvalue weighted by Gasteiger charge is -2.15. The molecule has 1 N–H and O–H groups in total. The fraction of sp³-hybridized carbons (Fsp3) is 0.571. The maximum absolute atomic E-state index is 10.1. The van der Waals surface area contributed by atoms with Crippen molar-refractivity contribution in [2.45, 2.75) is 38.7 Å². The Morgan fingerprint density at radius 2 is 1.94 bits per heavy atom. The number of unbranched alkanes of at least 4 members (excludes halogenated alkanes) is 2. The van der Waals surface area contributed by atoms with Gasteiger partial charge in [0.15, 0.2) is 0 Å². The Labute approximate surface area is 103 Å². The maximum atomic E-state index is 10.1. The van der Waals surface area contributed by atoms with Crippen molar-refractivity contribution in [2.75, 3.05) is 14.2 Å². The summed E-state index contributed by atoms with van der Waals surface area (Å²) in [6, 6.07) is 5.52. The maximum Gasteiger partial charge on any atom is 0.128 e. The Morgan fingerprint density at radius 1 is 1.18 bits per heavy atom. The summed E-state index contributed by atoms with van der Waals surface area (Å²) in [6.45, 7) is 2.15. The SMILES string of the molecule is CCCCCC(O)c1ccc(OC)cc1OC. The first-order chi connectivity index (χ1) is 8.22. The topological polar surface area (TPSA) is 38.7 Å². The van der Waals surface area contributed by atoms with Crippen LogP contribution in [0.25, 0.3) is 0 Å². The third-order valence-electron chi connectivity index (χ3n) is 2.88. The molecule has 0 spiro atoms. The van der Waals surface area contributed by atoms with Crippen LogP contribution in [0.15, 0.2) is 18.2 Å². The third kappa shape index (κ3) is 3.93. The zero-order valence-electron chi connectivity index (χ0n) is 10.9. The summed E-state index contributed by atoms with van der Waals surface area (Å²) in [4.78, 5) is 0. The van der Waals surface area contributed by atoms with Crippen LogP contribution in [0, 0.1) is 0 Å². The van der Waals surface area contributed by atoms with Gasteiger partial charge in [-0.3, -0.25) is 0 Å². The normalized spacial score (nSPS) is 12.2. The van der Waals surface area contributed by atoms with Crippen molar-refractivity contribution in [3.8, 4) is 11.5 Å². The molecule has 0 fully saturated rings. The van der Waals surface area contributed by atoms with Gasteiger partial charge in [0.2, 0.25) is 0 Å². The fourth-order valence-electron chi connectivity index (χ4n) is 1.84. The highest BCUT2D eigenvalue weighted by atomic mass is 16.5. The van der Waals surface area contributed by atoms with Gasteiger partial charge in [-0.05, 0) is 18.6 Å². The van der Waals surface area contributed by atoms with Crippen LogP contribution in [0.3, 0.4) is 0 Å². The van der Waals surface area contributed by atoms with Gasteiger partial charge in [0.1, 0.15) is 11.5 Å². The summed E-state index contributed by atoms with van der Waals surface area (Å²) < 4.78 is 10.4. The summed E-state index contributed by atoms with van der Waals surface area (Å²) in [6.07, 6.45) is 3.66. The van der Waals surface area contributed by atoms with E-state index in [0.717, 1.165) is 37.0 Å². The minimum absolute atomic E-state index is 0.456. The first kappa shape index (κ1) is 13.8. The van der Waals surface area contributed by atoms with Crippen LogP contribution in [0.1, 0.15) is 44.3 Å². The van der Waals surface area contributed by atoms with Crippen LogP contribution < -0.4 is 9.47 Å². The van der Waals surface area contributed by atoms with Gasteiger partial charge < -0.3 is 14.6 Å². The molecule has 1 aromatic carbocycles. The lowest BCUT2D eigenvalue weighted by molar-refractivity contribution is 0.159. The highest BCUT2D eigenvalue weighted by Gasteiger charge is 2.13. The van der Waals surface area contributed by atoms with Crippen LogP contribution >= 0.6 is 0 Å². The van der Waals surface area contributed by atoms with Gasteiger partial charge in [-0.2, -0.15) is 0 Å². The van der Waals surface area contributed by atoms with Crippen molar-refractivity contribution in [3.63, 3.8) is 0 Å². The van der Waals surface area contributed by atoms with Crippen molar-refractivity contribution < 1.29 is 14.6 Å². The zero-order chi connectivity index (χ0) is 12.7. The molecular weight excluding hydrogens is 216 g/mol. The number of benzene rings is 1. The summed E-state index contributed by atoms with van der Waals surface area (Å²) >= 11 is 0. The van der Waals surface area contributed by atoms with E-state index in [1.165, 1.54) is 0 Å². The summed E-state index contributed by atoms with van der Waals surface area (Å²) in [7, 11) is 3.23. The number of methoxy groups -OCH3 is 2. The lowest BCUT2D eigenvalue weighted by atomic mass is 10.0. The summed E-state index contributed by atoms with van der Waals surface area (Å²) in [5, 5.41) is 10.1. The Balaban J connectivity index is 2.74. The average molecular weight is 238 g/mol.